The molecule has 31 heavy (non-hydrogen) atoms. The number of methoxy groups -OCH3 is 1. The van der Waals surface area contributed by atoms with Gasteiger partial charge >= 0.3 is 11.9 Å². The molecule has 8 heteroatoms. The Kier molecular flexibility index (Phi) is 7.27. The summed E-state index contributed by atoms with van der Waals surface area (Å²) >= 11 is 0. The number of aliphatic carboxylic acids is 1. The Balaban J connectivity index is 2.65. The van der Waals surface area contributed by atoms with Gasteiger partial charge in [-0.3, -0.25) is 4.79 Å². The van der Waals surface area contributed by atoms with E-state index in [4.69, 9.17) is 19.0 Å². The number of hydrogen-bond acceptors (Lipinski definition) is 6. The third-order valence-corrected chi connectivity index (χ3v) is 10.6. The van der Waals surface area contributed by atoms with Gasteiger partial charge in [-0.05, 0) is 49.5 Å². The number of esters is 1. The maximum absolute atomic E-state index is 12.6. The number of ether oxygens (including phenoxy) is 2. The molecule has 0 spiro atoms. The molecule has 0 bridgehead atoms. The minimum Gasteiger partial charge on any atom is -0.543 e. The van der Waals surface area contributed by atoms with Crippen molar-refractivity contribution in [2.75, 3.05) is 7.11 Å². The smallest absolute Gasteiger partial charge is 0.342 e. The lowest BCUT2D eigenvalue weighted by atomic mass is 9.94. The average molecular weight is 451 g/mol. The van der Waals surface area contributed by atoms with Gasteiger partial charge in [-0.15, -0.1) is 0 Å². The predicted octanol–water partition coefficient (Wildman–Crippen LogP) is 4.38. The van der Waals surface area contributed by atoms with Crippen molar-refractivity contribution in [1.82, 2.24) is 0 Å². The number of benzene rings is 1. The Morgan fingerprint density at radius 3 is 2.42 bits per heavy atom. The molecule has 0 saturated heterocycles. The Morgan fingerprint density at radius 1 is 1.29 bits per heavy atom. The molecule has 1 unspecified atom stereocenters. The maximum Gasteiger partial charge on any atom is 0.342 e. The fraction of sp³-hybridized carbons (Fsp3) is 0.565. The van der Waals surface area contributed by atoms with E-state index in [-0.39, 0.29) is 18.1 Å². The number of allylic oxidation sites excluding steroid dienone is 1. The molecule has 0 aromatic heterocycles. The van der Waals surface area contributed by atoms with Crippen molar-refractivity contribution < 1.29 is 33.7 Å². The lowest BCUT2D eigenvalue weighted by Crippen LogP contribution is -2.44. The van der Waals surface area contributed by atoms with Crippen LogP contribution in [0, 0.1) is 6.92 Å². The summed E-state index contributed by atoms with van der Waals surface area (Å²) < 4.78 is 17.7. The third-order valence-electron chi connectivity index (χ3n) is 6.31. The van der Waals surface area contributed by atoms with E-state index < -0.39 is 26.4 Å². The molecule has 1 aliphatic rings. The number of rotatable bonds is 8. The molecule has 2 rings (SSSR count). The highest BCUT2D eigenvalue weighted by Crippen LogP contribution is 2.46. The zero-order valence-corrected chi connectivity index (χ0v) is 20.7. The normalized spacial score (nSPS) is 15.4. The molecule has 1 aliphatic heterocycles. The summed E-state index contributed by atoms with van der Waals surface area (Å²) in [5.41, 5.74) is 3.26. The minimum absolute atomic E-state index is 0.0960. The number of carboxylic acid groups (broad SMARTS) is 1. The van der Waals surface area contributed by atoms with Gasteiger partial charge in [0, 0.05) is 11.1 Å². The number of carbonyl (C=O) groups is 2. The van der Waals surface area contributed by atoms with Crippen LogP contribution in [0.1, 0.15) is 61.2 Å². The van der Waals surface area contributed by atoms with Gasteiger partial charge < -0.3 is 24.1 Å². The first-order valence-corrected chi connectivity index (χ1v) is 13.3. The van der Waals surface area contributed by atoms with Crippen molar-refractivity contribution in [3.05, 3.63) is 33.9 Å². The second-order valence-corrected chi connectivity index (χ2v) is 14.2. The first kappa shape index (κ1) is 24.9. The van der Waals surface area contributed by atoms with Crippen LogP contribution in [0.3, 0.4) is 0 Å². The van der Waals surface area contributed by atoms with Gasteiger partial charge in [-0.2, -0.15) is 0 Å². The van der Waals surface area contributed by atoms with Crippen LogP contribution in [0.15, 0.2) is 11.6 Å². The van der Waals surface area contributed by atoms with Crippen LogP contribution in [0.5, 0.6) is 11.5 Å². The van der Waals surface area contributed by atoms with Gasteiger partial charge in [0.1, 0.15) is 23.7 Å². The lowest BCUT2D eigenvalue weighted by molar-refractivity contribution is -0.138. The second-order valence-electron chi connectivity index (χ2n) is 9.52. The number of hydrogen-bond donors (Lipinski definition) is 2. The van der Waals surface area contributed by atoms with E-state index in [1.807, 2.05) is 6.92 Å². The van der Waals surface area contributed by atoms with Crippen LogP contribution in [0.4, 0.5) is 0 Å². The lowest BCUT2D eigenvalue weighted by Gasteiger charge is -2.37. The van der Waals surface area contributed by atoms with E-state index in [2.05, 4.69) is 33.9 Å². The van der Waals surface area contributed by atoms with E-state index in [1.54, 1.807) is 20.1 Å². The van der Waals surface area contributed by atoms with Gasteiger partial charge in [0.2, 0.25) is 0 Å². The molecule has 0 fully saturated rings. The van der Waals surface area contributed by atoms with Gasteiger partial charge in [-0.25, -0.2) is 4.79 Å². The minimum atomic E-state index is -2.31. The van der Waals surface area contributed by atoms with Crippen LogP contribution >= 0.6 is 0 Å². The molecular formula is C23H34O7Si. The summed E-state index contributed by atoms with van der Waals surface area (Å²) in [6.07, 6.45) is 0.615. The summed E-state index contributed by atoms with van der Waals surface area (Å²) in [6, 6.07) is 0. The fourth-order valence-electron chi connectivity index (χ4n) is 3.26. The summed E-state index contributed by atoms with van der Waals surface area (Å²) in [4.78, 5) is 23.6. The Labute approximate surface area is 185 Å². The number of carbonyl (C=O) groups excluding carboxylic acids is 1. The molecule has 172 valence electrons. The monoisotopic (exact) mass is 450 g/mol. The number of carboxylic acids is 1. The molecule has 0 aliphatic carbocycles. The van der Waals surface area contributed by atoms with Crippen molar-refractivity contribution in [2.24, 2.45) is 0 Å². The average Bonchev–Trinajstić information content (AvgIpc) is 3.02. The van der Waals surface area contributed by atoms with Crippen LogP contribution in [0.25, 0.3) is 0 Å². The van der Waals surface area contributed by atoms with Crippen LogP contribution in [0.2, 0.25) is 18.1 Å². The molecule has 7 nitrogen and oxygen atoms in total. The van der Waals surface area contributed by atoms with Crippen LogP contribution in [-0.2, 0) is 22.6 Å². The topological polar surface area (TPSA) is 102 Å². The first-order valence-electron chi connectivity index (χ1n) is 10.4. The number of cyclic esters (lactones) is 1. The van der Waals surface area contributed by atoms with Crippen molar-refractivity contribution in [2.45, 2.75) is 78.3 Å². The molecule has 1 aromatic carbocycles. The Hall–Kier alpha value is -2.32. The Bertz CT molecular complexity index is 910. The summed E-state index contributed by atoms with van der Waals surface area (Å²) in [7, 11) is -0.742. The SMILES string of the molecule is COc1c(C)c2c(c(O[Si](C)(C)C(C)(C)C)c1CC=C(C)C(O)CC(=O)O)C(=O)OC2. The van der Waals surface area contributed by atoms with Gasteiger partial charge in [0.15, 0.2) is 0 Å². The van der Waals surface area contributed by atoms with Gasteiger partial charge in [-0.1, -0.05) is 26.8 Å². The number of fused-ring (bicyclic) bond motifs is 1. The van der Waals surface area contributed by atoms with Crippen molar-refractivity contribution in [3.8, 4) is 11.5 Å². The highest BCUT2D eigenvalue weighted by molar-refractivity contribution is 6.74. The van der Waals surface area contributed by atoms with Gasteiger partial charge in [0.25, 0.3) is 8.32 Å². The Morgan fingerprint density at radius 2 is 1.90 bits per heavy atom. The maximum atomic E-state index is 12.6. The molecule has 0 amide bonds. The van der Waals surface area contributed by atoms with E-state index >= 15 is 0 Å². The van der Waals surface area contributed by atoms with E-state index in [1.165, 1.54) is 0 Å². The first-order chi connectivity index (χ1) is 14.2. The van der Waals surface area contributed by atoms with E-state index in [0.717, 1.165) is 11.1 Å². The number of aliphatic hydroxyl groups excluding tert-OH is 1. The van der Waals surface area contributed by atoms with E-state index in [9.17, 15) is 14.7 Å². The molecule has 0 radical (unpaired) electrons. The molecule has 0 saturated carbocycles. The fourth-order valence-corrected chi connectivity index (χ4v) is 4.30. The van der Waals surface area contributed by atoms with Crippen molar-refractivity contribution in [3.63, 3.8) is 0 Å². The highest BCUT2D eigenvalue weighted by atomic mass is 28.4. The quantitative estimate of drug-likeness (QED) is 0.344. The molecule has 1 heterocycles. The zero-order valence-electron chi connectivity index (χ0n) is 19.7. The van der Waals surface area contributed by atoms with Crippen molar-refractivity contribution in [1.29, 1.82) is 0 Å². The van der Waals surface area contributed by atoms with Crippen LogP contribution in [-0.4, -0.2) is 43.7 Å². The van der Waals surface area contributed by atoms with Crippen molar-refractivity contribution >= 4 is 20.3 Å². The largest absolute Gasteiger partial charge is 0.543 e. The van der Waals surface area contributed by atoms with Gasteiger partial charge in [0.05, 0.1) is 19.6 Å². The zero-order chi connectivity index (χ0) is 23.7. The number of aliphatic hydroxyl groups is 1. The molecule has 1 atom stereocenters. The summed E-state index contributed by atoms with van der Waals surface area (Å²) in [6.45, 7) is 14.3. The van der Waals surface area contributed by atoms with Crippen LogP contribution < -0.4 is 9.16 Å². The predicted molar refractivity (Wildman–Crippen MR) is 120 cm³/mol. The molecule has 2 N–H and O–H groups in total. The van der Waals surface area contributed by atoms with E-state index in [0.29, 0.717) is 34.6 Å². The molecule has 1 aromatic rings. The summed E-state index contributed by atoms with van der Waals surface area (Å²) in [5.74, 6) is -0.399. The second kappa shape index (κ2) is 9.04. The molecular weight excluding hydrogens is 416 g/mol. The highest BCUT2D eigenvalue weighted by Gasteiger charge is 2.42. The summed E-state index contributed by atoms with van der Waals surface area (Å²) in [5, 5.41) is 19.0. The third kappa shape index (κ3) is 5.12. The standard InChI is InChI=1S/C23H34O7Si/c1-13(17(24)11-18(25)26)9-10-15-20(28-6)14(2)16-12-29-22(27)19(16)21(15)30-31(7,8)23(3,4)5/h9,17,24H,10-12H2,1-8H3,(H,25,26).